The van der Waals surface area contributed by atoms with E-state index in [0.29, 0.717) is 5.92 Å². The lowest BCUT2D eigenvalue weighted by atomic mass is 9.88. The summed E-state index contributed by atoms with van der Waals surface area (Å²) in [6, 6.07) is 20.2. The summed E-state index contributed by atoms with van der Waals surface area (Å²) in [5.41, 5.74) is 4.68. The third-order valence-electron chi connectivity index (χ3n) is 5.64. The predicted molar refractivity (Wildman–Crippen MR) is 92.3 cm³/mol. The number of rotatable bonds is 3. The normalized spacial score (nSPS) is 28.0. The molecule has 1 heterocycles. The van der Waals surface area contributed by atoms with Crippen LogP contribution >= 0.6 is 0 Å². The Hall–Kier alpha value is -1.60. The first-order chi connectivity index (χ1) is 10.8. The lowest BCUT2D eigenvalue weighted by Crippen LogP contribution is -2.15. The lowest BCUT2D eigenvalue weighted by Gasteiger charge is -2.17. The van der Waals surface area contributed by atoms with Gasteiger partial charge in [0.05, 0.1) is 0 Å². The average molecular weight is 291 g/mol. The zero-order valence-electron chi connectivity index (χ0n) is 13.4. The van der Waals surface area contributed by atoms with E-state index in [1.54, 1.807) is 11.1 Å². The molecular formula is C21H25N. The Labute approximate surface area is 134 Å². The Balaban J connectivity index is 1.60. The van der Waals surface area contributed by atoms with Gasteiger partial charge in [0.15, 0.2) is 0 Å². The van der Waals surface area contributed by atoms with E-state index < -0.39 is 0 Å². The van der Waals surface area contributed by atoms with Gasteiger partial charge in [0.1, 0.15) is 0 Å². The van der Waals surface area contributed by atoms with Gasteiger partial charge in [0.25, 0.3) is 0 Å². The van der Waals surface area contributed by atoms with Crippen molar-refractivity contribution in [2.75, 3.05) is 20.1 Å². The van der Waals surface area contributed by atoms with E-state index >= 15 is 0 Å². The van der Waals surface area contributed by atoms with Crippen LogP contribution < -0.4 is 0 Å². The third-order valence-corrected chi connectivity index (χ3v) is 5.64. The van der Waals surface area contributed by atoms with Crippen molar-refractivity contribution < 1.29 is 0 Å². The summed E-state index contributed by atoms with van der Waals surface area (Å²) in [6.45, 7) is 2.57. The highest BCUT2D eigenvalue weighted by Gasteiger charge is 2.34. The lowest BCUT2D eigenvalue weighted by molar-refractivity contribution is 0.374. The van der Waals surface area contributed by atoms with E-state index in [1.165, 1.54) is 37.9 Å². The molecule has 1 heteroatoms. The number of nitrogens with zero attached hydrogens (tertiary/aromatic N) is 1. The van der Waals surface area contributed by atoms with Crippen LogP contribution in [0, 0.1) is 5.92 Å². The summed E-state index contributed by atoms with van der Waals surface area (Å²) in [4.78, 5) is 2.49. The molecule has 0 unspecified atom stereocenters. The van der Waals surface area contributed by atoms with Crippen LogP contribution in [0.3, 0.4) is 0 Å². The van der Waals surface area contributed by atoms with Gasteiger partial charge in [-0.3, -0.25) is 0 Å². The van der Waals surface area contributed by atoms with Gasteiger partial charge in [-0.15, -0.1) is 0 Å². The summed E-state index contributed by atoms with van der Waals surface area (Å²) in [5.74, 6) is 2.23. The number of fused-ring (bicyclic) bond motifs is 1. The van der Waals surface area contributed by atoms with Crippen molar-refractivity contribution >= 4 is 0 Å². The Morgan fingerprint density at radius 3 is 2.41 bits per heavy atom. The molecule has 114 valence electrons. The molecule has 1 saturated heterocycles. The molecule has 0 bridgehead atoms. The zero-order valence-corrected chi connectivity index (χ0v) is 13.4. The van der Waals surface area contributed by atoms with Crippen molar-refractivity contribution in [1.29, 1.82) is 0 Å². The minimum atomic E-state index is 0.599. The summed E-state index contributed by atoms with van der Waals surface area (Å²) >= 11 is 0. The molecule has 0 saturated carbocycles. The van der Waals surface area contributed by atoms with Gasteiger partial charge in [-0.2, -0.15) is 0 Å². The molecule has 0 amide bonds. The number of likely N-dealkylation sites (tertiary alicyclic amines) is 1. The van der Waals surface area contributed by atoms with Crippen LogP contribution in [0.1, 0.15) is 47.8 Å². The van der Waals surface area contributed by atoms with E-state index in [0.717, 1.165) is 11.8 Å². The maximum Gasteiger partial charge on any atom is 0.00979 e. The quantitative estimate of drug-likeness (QED) is 0.796. The molecule has 1 nitrogen and oxygen atoms in total. The second kappa shape index (κ2) is 5.89. The molecule has 3 atom stereocenters. The second-order valence-corrected chi connectivity index (χ2v) is 7.18. The van der Waals surface area contributed by atoms with Crippen molar-refractivity contribution in [3.8, 4) is 0 Å². The zero-order chi connectivity index (χ0) is 14.9. The van der Waals surface area contributed by atoms with Crippen LogP contribution in [0.25, 0.3) is 0 Å². The first-order valence-corrected chi connectivity index (χ1v) is 8.63. The molecule has 1 aliphatic heterocycles. The van der Waals surface area contributed by atoms with Gasteiger partial charge >= 0.3 is 0 Å². The standard InChI is InChI=1S/C21H25N/c1-22-12-11-16(15-22)13-18-14-21(17-7-3-2-4-8-17)20-10-6-5-9-19(18)20/h2-10,16,18,21H,11-15H2,1H3/t16-,18+,21+/m1/s1. The Morgan fingerprint density at radius 2 is 1.68 bits per heavy atom. The van der Waals surface area contributed by atoms with Crippen LogP contribution in [-0.4, -0.2) is 25.0 Å². The SMILES string of the molecule is CN1CC[C@H](C[C@H]2C[C@@H](c3ccccc3)c3ccccc32)C1. The van der Waals surface area contributed by atoms with Gasteiger partial charge < -0.3 is 4.90 Å². The van der Waals surface area contributed by atoms with Crippen molar-refractivity contribution in [3.63, 3.8) is 0 Å². The fraction of sp³-hybridized carbons (Fsp3) is 0.429. The molecule has 0 aromatic heterocycles. The number of hydrogen-bond acceptors (Lipinski definition) is 1. The minimum absolute atomic E-state index is 0.599. The highest BCUT2D eigenvalue weighted by molar-refractivity contribution is 5.44. The molecule has 0 N–H and O–H groups in total. The summed E-state index contributed by atoms with van der Waals surface area (Å²) < 4.78 is 0. The minimum Gasteiger partial charge on any atom is -0.306 e. The third kappa shape index (κ3) is 2.59. The molecule has 0 spiro atoms. The summed E-state index contributed by atoms with van der Waals surface area (Å²) in [6.07, 6.45) is 4.04. The Bertz CT molecular complexity index is 633. The summed E-state index contributed by atoms with van der Waals surface area (Å²) in [5, 5.41) is 0. The fourth-order valence-corrected chi connectivity index (χ4v) is 4.58. The van der Waals surface area contributed by atoms with Gasteiger partial charge in [-0.25, -0.2) is 0 Å². The first kappa shape index (κ1) is 14.0. The highest BCUT2D eigenvalue weighted by atomic mass is 15.1. The molecule has 4 rings (SSSR count). The molecule has 2 aromatic carbocycles. The summed E-state index contributed by atoms with van der Waals surface area (Å²) in [7, 11) is 2.26. The fourth-order valence-electron chi connectivity index (χ4n) is 4.58. The van der Waals surface area contributed by atoms with Crippen LogP contribution in [-0.2, 0) is 0 Å². The monoisotopic (exact) mass is 291 g/mol. The van der Waals surface area contributed by atoms with E-state index in [1.807, 2.05) is 0 Å². The molecule has 0 radical (unpaired) electrons. The van der Waals surface area contributed by atoms with E-state index in [-0.39, 0.29) is 0 Å². The van der Waals surface area contributed by atoms with Crippen LogP contribution in [0.15, 0.2) is 54.6 Å². The molecule has 2 aromatic rings. The Morgan fingerprint density at radius 1 is 0.955 bits per heavy atom. The van der Waals surface area contributed by atoms with Crippen LogP contribution in [0.2, 0.25) is 0 Å². The van der Waals surface area contributed by atoms with E-state index in [4.69, 9.17) is 0 Å². The van der Waals surface area contributed by atoms with Gasteiger partial charge in [0, 0.05) is 12.5 Å². The number of hydrogen-bond donors (Lipinski definition) is 0. The molecule has 22 heavy (non-hydrogen) atoms. The maximum atomic E-state index is 2.49. The van der Waals surface area contributed by atoms with Crippen LogP contribution in [0.5, 0.6) is 0 Å². The second-order valence-electron chi connectivity index (χ2n) is 7.18. The van der Waals surface area contributed by atoms with E-state index in [9.17, 15) is 0 Å². The number of benzene rings is 2. The molecular weight excluding hydrogens is 266 g/mol. The van der Waals surface area contributed by atoms with Crippen LogP contribution in [0.4, 0.5) is 0 Å². The van der Waals surface area contributed by atoms with Gasteiger partial charge in [0.2, 0.25) is 0 Å². The average Bonchev–Trinajstić information content (AvgIpc) is 3.13. The molecule has 1 fully saturated rings. The predicted octanol–water partition coefficient (Wildman–Crippen LogP) is 4.65. The van der Waals surface area contributed by atoms with E-state index in [2.05, 4.69) is 66.5 Å². The highest BCUT2D eigenvalue weighted by Crippen LogP contribution is 2.48. The smallest absolute Gasteiger partial charge is 0.00979 e. The van der Waals surface area contributed by atoms with Crippen molar-refractivity contribution in [2.24, 2.45) is 5.92 Å². The first-order valence-electron chi connectivity index (χ1n) is 8.63. The van der Waals surface area contributed by atoms with Crippen molar-refractivity contribution in [3.05, 3.63) is 71.3 Å². The molecule has 1 aliphatic carbocycles. The van der Waals surface area contributed by atoms with Crippen molar-refractivity contribution in [2.45, 2.75) is 31.1 Å². The molecule has 2 aliphatic rings. The van der Waals surface area contributed by atoms with Gasteiger partial charge in [-0.05, 0) is 61.4 Å². The largest absolute Gasteiger partial charge is 0.306 e. The maximum absolute atomic E-state index is 2.49. The van der Waals surface area contributed by atoms with Gasteiger partial charge in [-0.1, -0.05) is 54.6 Å². The Kier molecular flexibility index (Phi) is 3.75. The van der Waals surface area contributed by atoms with Crippen molar-refractivity contribution in [1.82, 2.24) is 4.90 Å². The topological polar surface area (TPSA) is 3.24 Å².